The lowest BCUT2D eigenvalue weighted by Gasteiger charge is -2.17. The van der Waals surface area contributed by atoms with E-state index >= 15 is 0 Å². The number of Topliss-reactive ketones (excluding diaryl/α,β-unsaturated/α-hetero) is 1. The third-order valence-corrected chi connectivity index (χ3v) is 5.54. The summed E-state index contributed by atoms with van der Waals surface area (Å²) in [5.74, 6) is -1.44. The van der Waals surface area contributed by atoms with Gasteiger partial charge in [-0.3, -0.25) is 4.79 Å². The number of esters is 1. The Hall–Kier alpha value is -3.97. The first-order chi connectivity index (χ1) is 16.1. The molecule has 0 heterocycles. The van der Waals surface area contributed by atoms with E-state index in [1.807, 2.05) is 48.5 Å². The fraction of sp³-hybridized carbons (Fsp3) is 0.192. The molecule has 0 fully saturated rings. The molecule has 1 amide bonds. The summed E-state index contributed by atoms with van der Waals surface area (Å²) in [7, 11) is 0. The maximum atomic E-state index is 12.3. The molecule has 7 nitrogen and oxygen atoms in total. The smallest absolute Gasteiger partial charge is 0.407 e. The van der Waals surface area contributed by atoms with Gasteiger partial charge in [0.05, 0.1) is 6.61 Å². The van der Waals surface area contributed by atoms with E-state index in [2.05, 4.69) is 5.32 Å². The second kappa shape index (κ2) is 10.1. The van der Waals surface area contributed by atoms with Crippen LogP contribution in [-0.4, -0.2) is 48.8 Å². The van der Waals surface area contributed by atoms with Crippen molar-refractivity contribution in [3.63, 3.8) is 0 Å². The number of benzene rings is 3. The minimum absolute atomic E-state index is 0.0690. The van der Waals surface area contributed by atoms with Crippen LogP contribution >= 0.6 is 0 Å². The SMILES string of the molecule is O=C(NC(CO)C(=O)OCC(=O)c1ccccc1)OCC1c2ccccc2-c2ccccc21. The Labute approximate surface area is 191 Å². The number of alkyl carbamates (subject to hydrolysis) is 1. The summed E-state index contributed by atoms with van der Waals surface area (Å²) in [6.45, 7) is -1.12. The first-order valence-corrected chi connectivity index (χ1v) is 10.6. The van der Waals surface area contributed by atoms with Gasteiger partial charge in [0.2, 0.25) is 0 Å². The van der Waals surface area contributed by atoms with Crippen molar-refractivity contribution >= 4 is 17.8 Å². The van der Waals surface area contributed by atoms with Crippen LogP contribution in [0.2, 0.25) is 0 Å². The maximum absolute atomic E-state index is 12.3. The summed E-state index contributed by atoms with van der Waals surface area (Å²) in [6, 6.07) is 22.9. The van der Waals surface area contributed by atoms with E-state index in [1.54, 1.807) is 30.3 Å². The van der Waals surface area contributed by atoms with Gasteiger partial charge in [0, 0.05) is 11.5 Å². The van der Waals surface area contributed by atoms with Crippen molar-refractivity contribution in [1.82, 2.24) is 5.32 Å². The Morgan fingerprint density at radius 1 is 0.818 bits per heavy atom. The normalized spacial score (nSPS) is 12.9. The molecular weight excluding hydrogens is 422 g/mol. The molecule has 168 valence electrons. The van der Waals surface area contributed by atoms with Crippen LogP contribution in [-0.2, 0) is 14.3 Å². The fourth-order valence-electron chi connectivity index (χ4n) is 3.91. The zero-order valence-electron chi connectivity index (χ0n) is 17.8. The van der Waals surface area contributed by atoms with E-state index < -0.39 is 31.3 Å². The van der Waals surface area contributed by atoms with Gasteiger partial charge < -0.3 is 19.9 Å². The molecule has 0 bridgehead atoms. The molecule has 1 unspecified atom stereocenters. The van der Waals surface area contributed by atoms with Crippen molar-refractivity contribution in [3.05, 3.63) is 95.6 Å². The van der Waals surface area contributed by atoms with Crippen LogP contribution in [0.3, 0.4) is 0 Å². The summed E-state index contributed by atoms with van der Waals surface area (Å²) in [4.78, 5) is 36.6. The molecule has 2 N–H and O–H groups in total. The Kier molecular flexibility index (Phi) is 6.80. The number of ether oxygens (including phenoxy) is 2. The van der Waals surface area contributed by atoms with Crippen LogP contribution in [0, 0.1) is 0 Å². The lowest BCUT2D eigenvalue weighted by Crippen LogP contribution is -2.45. The second-order valence-electron chi connectivity index (χ2n) is 7.60. The van der Waals surface area contributed by atoms with Crippen LogP contribution in [0.25, 0.3) is 11.1 Å². The number of aliphatic hydroxyl groups excluding tert-OH is 1. The van der Waals surface area contributed by atoms with E-state index in [4.69, 9.17) is 9.47 Å². The predicted octanol–water partition coefficient (Wildman–Crippen LogP) is 3.31. The van der Waals surface area contributed by atoms with E-state index in [0.717, 1.165) is 22.3 Å². The van der Waals surface area contributed by atoms with Gasteiger partial charge in [-0.2, -0.15) is 0 Å². The summed E-state index contributed by atoms with van der Waals surface area (Å²) < 4.78 is 10.3. The average Bonchev–Trinajstić information content (AvgIpc) is 3.18. The molecule has 0 saturated heterocycles. The monoisotopic (exact) mass is 445 g/mol. The molecule has 3 aromatic carbocycles. The number of hydrogen-bond acceptors (Lipinski definition) is 6. The molecule has 4 rings (SSSR count). The molecular formula is C26H23NO6. The molecule has 0 radical (unpaired) electrons. The molecule has 1 atom stereocenters. The lowest BCUT2D eigenvalue weighted by molar-refractivity contribution is -0.145. The zero-order chi connectivity index (χ0) is 23.2. The number of rotatable bonds is 8. The van der Waals surface area contributed by atoms with E-state index in [0.29, 0.717) is 5.56 Å². The molecule has 7 heteroatoms. The topological polar surface area (TPSA) is 102 Å². The summed E-state index contributed by atoms with van der Waals surface area (Å²) in [5.41, 5.74) is 4.72. The Morgan fingerprint density at radius 3 is 2.00 bits per heavy atom. The molecule has 3 aromatic rings. The van der Waals surface area contributed by atoms with E-state index in [9.17, 15) is 19.5 Å². The van der Waals surface area contributed by atoms with E-state index in [1.165, 1.54) is 0 Å². The molecule has 1 aliphatic carbocycles. The maximum Gasteiger partial charge on any atom is 0.407 e. The quantitative estimate of drug-likeness (QED) is 0.407. The number of ketones is 1. The van der Waals surface area contributed by atoms with E-state index in [-0.39, 0.29) is 18.3 Å². The highest BCUT2D eigenvalue weighted by molar-refractivity contribution is 5.98. The Bertz CT molecular complexity index is 1110. The summed E-state index contributed by atoms with van der Waals surface area (Å²) in [6.07, 6.45) is -0.859. The molecule has 33 heavy (non-hydrogen) atoms. The highest BCUT2D eigenvalue weighted by Crippen LogP contribution is 2.44. The predicted molar refractivity (Wildman–Crippen MR) is 121 cm³/mol. The van der Waals surface area contributed by atoms with Crippen molar-refractivity contribution in [3.8, 4) is 11.1 Å². The summed E-state index contributed by atoms with van der Waals surface area (Å²) >= 11 is 0. The largest absolute Gasteiger partial charge is 0.456 e. The standard InChI is InChI=1S/C26H23NO6/c28-14-23(25(30)32-16-24(29)17-8-2-1-3-9-17)27-26(31)33-15-22-20-12-6-4-10-18(20)19-11-5-7-13-21(19)22/h1-13,22-23,28H,14-16H2,(H,27,31). The van der Waals surface area contributed by atoms with Gasteiger partial charge in [-0.15, -0.1) is 0 Å². The fourth-order valence-corrected chi connectivity index (χ4v) is 3.91. The second-order valence-corrected chi connectivity index (χ2v) is 7.60. The Balaban J connectivity index is 1.32. The lowest BCUT2D eigenvalue weighted by atomic mass is 9.98. The van der Waals surface area contributed by atoms with Gasteiger partial charge >= 0.3 is 12.1 Å². The van der Waals surface area contributed by atoms with Crippen LogP contribution < -0.4 is 5.32 Å². The third-order valence-electron chi connectivity index (χ3n) is 5.54. The number of nitrogens with one attached hydrogen (secondary N) is 1. The van der Waals surface area contributed by atoms with Crippen LogP contribution in [0.4, 0.5) is 4.79 Å². The van der Waals surface area contributed by atoms with Crippen molar-refractivity contribution in [2.45, 2.75) is 12.0 Å². The van der Waals surface area contributed by atoms with Gasteiger partial charge in [-0.25, -0.2) is 9.59 Å². The Morgan fingerprint density at radius 2 is 1.39 bits per heavy atom. The zero-order valence-corrected chi connectivity index (χ0v) is 17.8. The molecule has 1 aliphatic rings. The van der Waals surface area contributed by atoms with Crippen molar-refractivity contribution in [2.24, 2.45) is 0 Å². The summed E-state index contributed by atoms with van der Waals surface area (Å²) in [5, 5.41) is 11.8. The molecule has 0 saturated carbocycles. The van der Waals surface area contributed by atoms with Crippen molar-refractivity contribution < 1.29 is 29.0 Å². The van der Waals surface area contributed by atoms with Gasteiger partial charge in [0.1, 0.15) is 6.61 Å². The highest BCUT2D eigenvalue weighted by Gasteiger charge is 2.30. The first-order valence-electron chi connectivity index (χ1n) is 10.6. The molecule has 0 aliphatic heterocycles. The van der Waals surface area contributed by atoms with Gasteiger partial charge in [-0.05, 0) is 22.3 Å². The molecule has 0 aromatic heterocycles. The highest BCUT2D eigenvalue weighted by atomic mass is 16.6. The number of amides is 1. The van der Waals surface area contributed by atoms with Crippen molar-refractivity contribution in [1.29, 1.82) is 0 Å². The number of carbonyl (C=O) groups is 3. The number of fused-ring (bicyclic) bond motifs is 3. The van der Waals surface area contributed by atoms with Gasteiger partial charge in [-0.1, -0.05) is 78.9 Å². The number of carbonyl (C=O) groups excluding carboxylic acids is 3. The number of aliphatic hydroxyl groups is 1. The molecule has 0 spiro atoms. The number of hydrogen-bond donors (Lipinski definition) is 2. The minimum Gasteiger partial charge on any atom is -0.456 e. The minimum atomic E-state index is -1.34. The third kappa shape index (κ3) is 4.94. The van der Waals surface area contributed by atoms with Crippen LogP contribution in [0.1, 0.15) is 27.4 Å². The van der Waals surface area contributed by atoms with Crippen molar-refractivity contribution in [2.75, 3.05) is 19.8 Å². The average molecular weight is 445 g/mol. The van der Waals surface area contributed by atoms with Crippen LogP contribution in [0.5, 0.6) is 0 Å². The van der Waals surface area contributed by atoms with Gasteiger partial charge in [0.15, 0.2) is 18.4 Å². The van der Waals surface area contributed by atoms with Gasteiger partial charge in [0.25, 0.3) is 0 Å². The first kappa shape index (κ1) is 22.2. The van der Waals surface area contributed by atoms with Crippen LogP contribution in [0.15, 0.2) is 78.9 Å².